The summed E-state index contributed by atoms with van der Waals surface area (Å²) >= 11 is 6.35. The number of aromatic nitrogens is 5. The van der Waals surface area contributed by atoms with Crippen LogP contribution in [0.15, 0.2) is 47.8 Å². The smallest absolute Gasteiger partial charge is 0.274 e. The number of anilines is 1. The summed E-state index contributed by atoms with van der Waals surface area (Å²) in [5.74, 6) is 0.797. The summed E-state index contributed by atoms with van der Waals surface area (Å²) in [4.78, 5) is 27.7. The number of fused-ring (bicyclic) bond motifs is 2. The van der Waals surface area contributed by atoms with E-state index in [1.54, 1.807) is 18.5 Å². The molecule has 1 aliphatic rings. The minimum absolute atomic E-state index is 0.183. The van der Waals surface area contributed by atoms with E-state index in [0.717, 1.165) is 52.3 Å². The second-order valence-corrected chi connectivity index (χ2v) is 7.86. The molecule has 0 atom stereocenters. The quantitative estimate of drug-likeness (QED) is 0.496. The van der Waals surface area contributed by atoms with Crippen LogP contribution in [0.3, 0.4) is 0 Å². The van der Waals surface area contributed by atoms with Crippen molar-refractivity contribution in [3.05, 3.63) is 80.7 Å². The van der Waals surface area contributed by atoms with E-state index in [9.17, 15) is 4.79 Å². The molecule has 0 saturated carbocycles. The maximum Gasteiger partial charge on any atom is 0.274 e. The highest BCUT2D eigenvalue weighted by molar-refractivity contribution is 6.33. The molecule has 1 aliphatic heterocycles. The van der Waals surface area contributed by atoms with Crippen molar-refractivity contribution in [3.63, 3.8) is 0 Å². The van der Waals surface area contributed by atoms with Gasteiger partial charge in [0.1, 0.15) is 0 Å². The SMILES string of the molecule is Cc1c(N2CCc3ncc(-c4cnccc4Cl)cc3C2)nn2c(=O)ccnc2c1C. The van der Waals surface area contributed by atoms with Gasteiger partial charge in [0, 0.05) is 78.3 Å². The maximum absolute atomic E-state index is 12.3. The van der Waals surface area contributed by atoms with Crippen molar-refractivity contribution in [1.82, 2.24) is 24.6 Å². The number of hydrogen-bond donors (Lipinski definition) is 0. The fourth-order valence-electron chi connectivity index (χ4n) is 3.90. The first kappa shape index (κ1) is 18.7. The molecule has 0 aromatic carbocycles. The Labute approximate surface area is 178 Å². The average molecular weight is 419 g/mol. The van der Waals surface area contributed by atoms with Crippen LogP contribution in [-0.4, -0.2) is 31.1 Å². The zero-order chi connectivity index (χ0) is 20.8. The molecule has 0 bridgehead atoms. The van der Waals surface area contributed by atoms with Crippen LogP contribution in [0.1, 0.15) is 22.4 Å². The van der Waals surface area contributed by atoms with Gasteiger partial charge < -0.3 is 4.90 Å². The fraction of sp³-hybridized carbons (Fsp3) is 0.227. The molecule has 0 amide bonds. The van der Waals surface area contributed by atoms with Gasteiger partial charge in [-0.05, 0) is 31.5 Å². The van der Waals surface area contributed by atoms with E-state index in [0.29, 0.717) is 17.2 Å². The molecule has 5 heterocycles. The topological polar surface area (TPSA) is 76.3 Å². The van der Waals surface area contributed by atoms with Crippen molar-refractivity contribution in [2.75, 3.05) is 11.4 Å². The molecular weight excluding hydrogens is 400 g/mol. The van der Waals surface area contributed by atoms with Crippen molar-refractivity contribution in [2.45, 2.75) is 26.8 Å². The molecular formula is C22H19ClN6O. The Balaban J connectivity index is 1.57. The fourth-order valence-corrected chi connectivity index (χ4v) is 4.12. The highest BCUT2D eigenvalue weighted by Crippen LogP contribution is 2.31. The van der Waals surface area contributed by atoms with Crippen LogP contribution in [0.2, 0.25) is 5.02 Å². The largest absolute Gasteiger partial charge is 0.350 e. The summed E-state index contributed by atoms with van der Waals surface area (Å²) < 4.78 is 1.39. The van der Waals surface area contributed by atoms with Gasteiger partial charge in [0.05, 0.1) is 5.02 Å². The van der Waals surface area contributed by atoms with Crippen LogP contribution in [0, 0.1) is 13.8 Å². The van der Waals surface area contributed by atoms with Gasteiger partial charge in [-0.3, -0.25) is 14.8 Å². The summed E-state index contributed by atoms with van der Waals surface area (Å²) in [6.45, 7) is 5.43. The molecule has 0 saturated heterocycles. The monoisotopic (exact) mass is 418 g/mol. The van der Waals surface area contributed by atoms with Gasteiger partial charge in [-0.15, -0.1) is 5.10 Å². The van der Waals surface area contributed by atoms with E-state index in [4.69, 9.17) is 11.6 Å². The molecule has 4 aromatic rings. The predicted octanol–water partition coefficient (Wildman–Crippen LogP) is 3.38. The van der Waals surface area contributed by atoms with Crippen molar-refractivity contribution < 1.29 is 0 Å². The van der Waals surface area contributed by atoms with Gasteiger partial charge in [-0.2, -0.15) is 4.52 Å². The number of halogens is 1. The number of pyridine rings is 2. The number of hydrogen-bond acceptors (Lipinski definition) is 6. The minimum atomic E-state index is -0.183. The van der Waals surface area contributed by atoms with Crippen molar-refractivity contribution in [2.24, 2.45) is 0 Å². The Bertz CT molecular complexity index is 1350. The van der Waals surface area contributed by atoms with E-state index < -0.39 is 0 Å². The van der Waals surface area contributed by atoms with E-state index in [1.807, 2.05) is 20.0 Å². The zero-order valence-electron chi connectivity index (χ0n) is 16.6. The first-order valence-corrected chi connectivity index (χ1v) is 10.1. The van der Waals surface area contributed by atoms with Crippen LogP contribution in [0.25, 0.3) is 16.8 Å². The Morgan fingerprint density at radius 3 is 2.77 bits per heavy atom. The first-order valence-electron chi connectivity index (χ1n) is 9.71. The Morgan fingerprint density at radius 1 is 1.07 bits per heavy atom. The molecule has 0 radical (unpaired) electrons. The zero-order valence-corrected chi connectivity index (χ0v) is 17.4. The van der Waals surface area contributed by atoms with E-state index in [2.05, 4.69) is 31.0 Å². The van der Waals surface area contributed by atoms with E-state index in [1.165, 1.54) is 16.8 Å². The lowest BCUT2D eigenvalue weighted by Gasteiger charge is -2.31. The minimum Gasteiger partial charge on any atom is -0.350 e. The van der Waals surface area contributed by atoms with Gasteiger partial charge in [0.2, 0.25) is 0 Å². The van der Waals surface area contributed by atoms with E-state index >= 15 is 0 Å². The molecule has 30 heavy (non-hydrogen) atoms. The van der Waals surface area contributed by atoms with Crippen LogP contribution in [-0.2, 0) is 13.0 Å². The van der Waals surface area contributed by atoms with Gasteiger partial charge in [-0.1, -0.05) is 11.6 Å². The molecule has 0 fully saturated rings. The second kappa shape index (κ2) is 7.18. The predicted molar refractivity (Wildman–Crippen MR) is 116 cm³/mol. The third-order valence-electron chi connectivity index (χ3n) is 5.67. The lowest BCUT2D eigenvalue weighted by atomic mass is 10.0. The van der Waals surface area contributed by atoms with Gasteiger partial charge in [0.15, 0.2) is 11.5 Å². The highest BCUT2D eigenvalue weighted by atomic mass is 35.5. The normalized spacial score (nSPS) is 13.5. The van der Waals surface area contributed by atoms with Crippen LogP contribution in [0.5, 0.6) is 0 Å². The van der Waals surface area contributed by atoms with Crippen LogP contribution in [0.4, 0.5) is 5.82 Å². The van der Waals surface area contributed by atoms with E-state index in [-0.39, 0.29) is 5.56 Å². The summed E-state index contributed by atoms with van der Waals surface area (Å²) in [5.41, 5.74) is 6.38. The summed E-state index contributed by atoms with van der Waals surface area (Å²) in [6.07, 6.45) is 7.61. The number of nitrogens with zero attached hydrogens (tertiary/aromatic N) is 6. The Morgan fingerprint density at radius 2 is 1.93 bits per heavy atom. The Kier molecular flexibility index (Phi) is 4.47. The third-order valence-corrected chi connectivity index (χ3v) is 6.00. The molecule has 0 N–H and O–H groups in total. The Hall–Kier alpha value is -3.32. The standard InChI is InChI=1S/C22H19ClN6O/c1-13-14(2)22(27-29-20(30)4-7-25-21(13)29)28-8-5-19-16(12-28)9-15(10-26-19)17-11-24-6-3-18(17)23/h3-4,6-7,9-11H,5,8,12H2,1-2H3. The maximum atomic E-state index is 12.3. The van der Waals surface area contributed by atoms with Crippen LogP contribution < -0.4 is 10.5 Å². The molecule has 5 rings (SSSR count). The molecule has 8 heteroatoms. The first-order chi connectivity index (χ1) is 14.5. The van der Waals surface area contributed by atoms with Crippen molar-refractivity contribution in [1.29, 1.82) is 0 Å². The molecule has 0 unspecified atom stereocenters. The highest BCUT2D eigenvalue weighted by Gasteiger charge is 2.23. The molecule has 0 aliphatic carbocycles. The van der Waals surface area contributed by atoms with Gasteiger partial charge in [0.25, 0.3) is 5.56 Å². The lowest BCUT2D eigenvalue weighted by molar-refractivity contribution is 0.684. The summed E-state index contributed by atoms with van der Waals surface area (Å²) in [7, 11) is 0. The number of rotatable bonds is 2. The molecule has 0 spiro atoms. The van der Waals surface area contributed by atoms with Crippen LogP contribution >= 0.6 is 11.6 Å². The van der Waals surface area contributed by atoms with Crippen molar-refractivity contribution >= 4 is 23.1 Å². The summed E-state index contributed by atoms with van der Waals surface area (Å²) in [5, 5.41) is 5.29. The molecule has 4 aromatic heterocycles. The second-order valence-electron chi connectivity index (χ2n) is 7.45. The molecule has 150 valence electrons. The molecule has 7 nitrogen and oxygen atoms in total. The lowest BCUT2D eigenvalue weighted by Crippen LogP contribution is -2.33. The van der Waals surface area contributed by atoms with Crippen molar-refractivity contribution in [3.8, 4) is 11.1 Å². The van der Waals surface area contributed by atoms with Gasteiger partial charge in [-0.25, -0.2) is 4.98 Å². The number of aryl methyl sites for hydroxylation is 1. The average Bonchev–Trinajstić information content (AvgIpc) is 2.76. The summed E-state index contributed by atoms with van der Waals surface area (Å²) in [6, 6.07) is 5.33. The third kappa shape index (κ3) is 3.02. The van der Waals surface area contributed by atoms with Gasteiger partial charge >= 0.3 is 0 Å².